The van der Waals surface area contributed by atoms with Crippen LogP contribution in [0.5, 0.6) is 11.5 Å². The molecule has 5 rings (SSSR count). The van der Waals surface area contributed by atoms with Gasteiger partial charge in [-0.2, -0.15) is 0 Å². The summed E-state index contributed by atoms with van der Waals surface area (Å²) < 4.78 is 0. The second kappa shape index (κ2) is 14.6. The molecule has 0 aliphatic carbocycles. The predicted molar refractivity (Wildman–Crippen MR) is 211 cm³/mol. The van der Waals surface area contributed by atoms with Crippen molar-refractivity contribution in [3.8, 4) is 34.0 Å². The second-order valence-corrected chi connectivity index (χ2v) is 14.6. The first kappa shape index (κ1) is 35.9. The molecular weight excluding hydrogens is 617 g/mol. The van der Waals surface area contributed by atoms with Gasteiger partial charge in [0.05, 0.1) is 34.2 Å². The maximum atomic E-state index is 11.8. The van der Waals surface area contributed by atoms with Crippen LogP contribution >= 0.6 is 0 Å². The molecule has 2 aromatic carbocycles. The highest BCUT2D eigenvalue weighted by Gasteiger charge is 2.24. The Balaban J connectivity index is 1.71. The van der Waals surface area contributed by atoms with E-state index in [9.17, 15) is 10.2 Å². The third-order valence-electron chi connectivity index (χ3n) is 8.71. The van der Waals surface area contributed by atoms with Crippen LogP contribution in [0.25, 0.3) is 40.0 Å². The Bertz CT molecular complexity index is 2070. The van der Waals surface area contributed by atoms with Crippen LogP contribution < -0.4 is 0 Å². The molecule has 6 nitrogen and oxygen atoms in total. The van der Waals surface area contributed by atoms with Gasteiger partial charge in [0.1, 0.15) is 11.5 Å². The van der Waals surface area contributed by atoms with E-state index in [2.05, 4.69) is 64.2 Å². The standard InChI is InChI=1S/C44H48N4O2/c1-10-22-45-36(11-2)32-24-30(43(4,5)6)26-34(41(32)49)38-19-14-12-13-17-29-20-21-39(48-40(29)28(3)47-38)35-27-31(44(7,8)9)25-33(42(35)50)37-18-15-16-23-46-37/h11,13-27,49-50H,3,10,12H2,1-2,4-9H3/b17-13-,19-14-,36-11-,45-22?,47-38?. The van der Waals surface area contributed by atoms with Crippen molar-refractivity contribution >= 4 is 29.4 Å². The maximum absolute atomic E-state index is 11.8. The zero-order valence-corrected chi connectivity index (χ0v) is 30.5. The molecule has 0 amide bonds. The van der Waals surface area contributed by atoms with E-state index in [1.165, 1.54) is 0 Å². The Hall–Kier alpha value is -5.36. The lowest BCUT2D eigenvalue weighted by Crippen LogP contribution is -2.14. The number of nitrogens with zero attached hydrogens (tertiary/aromatic N) is 4. The summed E-state index contributed by atoms with van der Waals surface area (Å²) in [6.45, 7) is 21.2. The summed E-state index contributed by atoms with van der Waals surface area (Å²) >= 11 is 0. The van der Waals surface area contributed by atoms with Gasteiger partial charge in [-0.1, -0.05) is 91.5 Å². The fourth-order valence-corrected chi connectivity index (χ4v) is 5.75. The highest BCUT2D eigenvalue weighted by atomic mass is 16.3. The number of hydrogen-bond acceptors (Lipinski definition) is 6. The van der Waals surface area contributed by atoms with Crippen LogP contribution in [0.3, 0.4) is 0 Å². The van der Waals surface area contributed by atoms with Crippen LogP contribution in [-0.4, -0.2) is 32.1 Å². The van der Waals surface area contributed by atoms with Crippen LogP contribution in [0.2, 0.25) is 0 Å². The molecule has 2 N–H and O–H groups in total. The number of rotatable bonds is 6. The third-order valence-corrected chi connectivity index (χ3v) is 8.71. The van der Waals surface area contributed by atoms with Gasteiger partial charge in [-0.25, -0.2) is 9.98 Å². The van der Waals surface area contributed by atoms with Crippen molar-refractivity contribution in [3.05, 3.63) is 125 Å². The van der Waals surface area contributed by atoms with Gasteiger partial charge in [0, 0.05) is 40.2 Å². The molecule has 2 aromatic heterocycles. The molecular formula is C44H48N4O2. The molecule has 1 aliphatic rings. The van der Waals surface area contributed by atoms with E-state index in [-0.39, 0.29) is 22.3 Å². The highest BCUT2D eigenvalue weighted by molar-refractivity contribution is 6.13. The van der Waals surface area contributed by atoms with Gasteiger partial charge >= 0.3 is 0 Å². The second-order valence-electron chi connectivity index (χ2n) is 14.6. The van der Waals surface area contributed by atoms with Gasteiger partial charge in [-0.05, 0) is 90.3 Å². The maximum Gasteiger partial charge on any atom is 0.134 e. The summed E-state index contributed by atoms with van der Waals surface area (Å²) in [4.78, 5) is 19.3. The van der Waals surface area contributed by atoms with Crippen molar-refractivity contribution in [2.75, 3.05) is 0 Å². The monoisotopic (exact) mass is 664 g/mol. The molecule has 1 aliphatic heterocycles. The summed E-state index contributed by atoms with van der Waals surface area (Å²) in [6, 6.07) is 17.6. The summed E-state index contributed by atoms with van der Waals surface area (Å²) in [5.74, 6) is 0.218. The SMILES string of the molecule is C=C1N=C(c2cc(C(C)(C)C)cc(/C(=C/C)N=CCC)c2O)/C=C\C/C=C\c2ccc(-c3cc(C(C)(C)C)cc(-c4ccccn4)c3O)nc21. The number of benzene rings is 2. The Morgan fingerprint density at radius 2 is 1.50 bits per heavy atom. The van der Waals surface area contributed by atoms with E-state index < -0.39 is 0 Å². The number of hydrogen-bond donors (Lipinski definition) is 2. The molecule has 0 atom stereocenters. The Labute approximate surface area is 297 Å². The topological polar surface area (TPSA) is 91.0 Å². The number of fused-ring (bicyclic) bond motifs is 1. The minimum absolute atomic E-state index is 0.107. The minimum atomic E-state index is -0.203. The molecule has 0 bridgehead atoms. The quantitative estimate of drug-likeness (QED) is 0.201. The molecule has 0 radical (unpaired) electrons. The number of aliphatic imine (C=N–C) groups is 2. The smallest absolute Gasteiger partial charge is 0.134 e. The van der Waals surface area contributed by atoms with Gasteiger partial charge < -0.3 is 10.2 Å². The molecule has 256 valence electrons. The molecule has 6 heteroatoms. The van der Waals surface area contributed by atoms with Gasteiger partial charge in [-0.3, -0.25) is 9.98 Å². The molecule has 0 unspecified atom stereocenters. The van der Waals surface area contributed by atoms with Crippen LogP contribution in [0.4, 0.5) is 0 Å². The Morgan fingerprint density at radius 1 is 0.840 bits per heavy atom. The molecule has 0 spiro atoms. The fraction of sp³-hybridized carbons (Fsp3) is 0.273. The first-order valence-corrected chi connectivity index (χ1v) is 17.2. The lowest BCUT2D eigenvalue weighted by Gasteiger charge is -2.23. The average Bonchev–Trinajstić information content (AvgIpc) is 3.08. The van der Waals surface area contributed by atoms with Gasteiger partial charge in [0.2, 0.25) is 0 Å². The lowest BCUT2D eigenvalue weighted by atomic mass is 9.83. The van der Waals surface area contributed by atoms with Crippen molar-refractivity contribution in [3.63, 3.8) is 0 Å². The van der Waals surface area contributed by atoms with Crippen LogP contribution in [0, 0.1) is 0 Å². The van der Waals surface area contributed by atoms with Crippen LogP contribution in [0.15, 0.2) is 102 Å². The first-order valence-electron chi connectivity index (χ1n) is 17.2. The number of aromatic hydroxyl groups is 2. The number of phenolic OH excluding ortho intramolecular Hbond substituents is 2. The van der Waals surface area contributed by atoms with E-state index in [4.69, 9.17) is 9.98 Å². The number of allylic oxidation sites excluding steroid dienone is 4. The van der Waals surface area contributed by atoms with Crippen molar-refractivity contribution in [2.24, 2.45) is 9.98 Å². The molecule has 0 saturated carbocycles. The van der Waals surface area contributed by atoms with E-state index in [1.54, 1.807) is 6.20 Å². The normalized spacial score (nSPS) is 15.5. The zero-order valence-electron chi connectivity index (χ0n) is 30.5. The molecule has 3 heterocycles. The predicted octanol–water partition coefficient (Wildman–Crippen LogP) is 11.1. The number of aromatic nitrogens is 2. The largest absolute Gasteiger partial charge is 0.507 e. The van der Waals surface area contributed by atoms with Crippen LogP contribution in [-0.2, 0) is 10.8 Å². The average molecular weight is 665 g/mol. The molecule has 50 heavy (non-hydrogen) atoms. The van der Waals surface area contributed by atoms with Crippen molar-refractivity contribution in [1.29, 1.82) is 0 Å². The molecule has 4 aromatic rings. The molecule has 0 fully saturated rings. The number of phenols is 2. The lowest BCUT2D eigenvalue weighted by molar-refractivity contribution is 0.471. The zero-order chi connectivity index (χ0) is 36.2. The van der Waals surface area contributed by atoms with E-state index in [0.29, 0.717) is 62.9 Å². The number of pyridine rings is 2. The highest BCUT2D eigenvalue weighted by Crippen LogP contribution is 2.42. The Kier molecular flexibility index (Phi) is 10.5. The van der Waals surface area contributed by atoms with E-state index in [1.807, 2.05) is 99.0 Å². The van der Waals surface area contributed by atoms with E-state index in [0.717, 1.165) is 23.1 Å². The van der Waals surface area contributed by atoms with Crippen molar-refractivity contribution in [1.82, 2.24) is 9.97 Å². The first-order chi connectivity index (χ1) is 23.7. The Morgan fingerprint density at radius 3 is 2.14 bits per heavy atom. The van der Waals surface area contributed by atoms with Crippen molar-refractivity contribution < 1.29 is 10.2 Å². The van der Waals surface area contributed by atoms with Crippen molar-refractivity contribution in [2.45, 2.75) is 79.1 Å². The van der Waals surface area contributed by atoms with Gasteiger partial charge in [0.15, 0.2) is 0 Å². The summed E-state index contributed by atoms with van der Waals surface area (Å²) in [5.41, 5.74) is 8.59. The third kappa shape index (κ3) is 7.76. The summed E-state index contributed by atoms with van der Waals surface area (Å²) in [7, 11) is 0. The van der Waals surface area contributed by atoms with Crippen LogP contribution in [0.1, 0.15) is 102 Å². The van der Waals surface area contributed by atoms with Gasteiger partial charge in [-0.15, -0.1) is 0 Å². The minimum Gasteiger partial charge on any atom is -0.507 e. The van der Waals surface area contributed by atoms with E-state index >= 15 is 0 Å². The summed E-state index contributed by atoms with van der Waals surface area (Å²) in [5, 5.41) is 23.5. The fourth-order valence-electron chi connectivity index (χ4n) is 5.75. The summed E-state index contributed by atoms with van der Waals surface area (Å²) in [6.07, 6.45) is 15.0. The van der Waals surface area contributed by atoms with Gasteiger partial charge in [0.25, 0.3) is 0 Å². The molecule has 0 saturated heterocycles.